The van der Waals surface area contributed by atoms with Crippen LogP contribution in [0, 0.1) is 0 Å². The van der Waals surface area contributed by atoms with Crippen molar-refractivity contribution in [3.05, 3.63) is 11.6 Å². The summed E-state index contributed by atoms with van der Waals surface area (Å²) < 4.78 is 14.3. The van der Waals surface area contributed by atoms with Gasteiger partial charge in [-0.25, -0.2) is 4.99 Å². The maximum absolute atomic E-state index is 12.1. The van der Waals surface area contributed by atoms with Gasteiger partial charge in [0.05, 0.1) is 0 Å². The van der Waals surface area contributed by atoms with E-state index in [0.29, 0.717) is 17.8 Å². The van der Waals surface area contributed by atoms with E-state index in [4.69, 9.17) is 4.99 Å². The second-order valence-corrected chi connectivity index (χ2v) is 8.79. The zero-order valence-electron chi connectivity index (χ0n) is 15.3. The molecule has 1 aliphatic carbocycles. The maximum atomic E-state index is 12.1. The predicted octanol–water partition coefficient (Wildman–Crippen LogP) is 1.36. The molecule has 0 aromatic carbocycles. The summed E-state index contributed by atoms with van der Waals surface area (Å²) in [6.45, 7) is 6.45. The Balaban J connectivity index is 1.61. The molecule has 3 unspecified atom stereocenters. The van der Waals surface area contributed by atoms with Crippen molar-refractivity contribution < 1.29 is 4.21 Å². The Morgan fingerprint density at radius 3 is 3.00 bits per heavy atom. The van der Waals surface area contributed by atoms with Crippen molar-refractivity contribution in [2.75, 3.05) is 12.3 Å². The van der Waals surface area contributed by atoms with Crippen LogP contribution in [0.2, 0.25) is 0 Å². The molecule has 0 radical (unpaired) electrons. The molecule has 3 atom stereocenters. The molecule has 3 rings (SSSR count). The normalized spacial score (nSPS) is 24.8. The van der Waals surface area contributed by atoms with Crippen LogP contribution in [0.1, 0.15) is 57.6 Å². The number of guanidine groups is 1. The van der Waals surface area contributed by atoms with Gasteiger partial charge in [-0.3, -0.25) is 4.21 Å². The van der Waals surface area contributed by atoms with Crippen LogP contribution < -0.4 is 10.6 Å². The molecule has 1 aliphatic heterocycles. The lowest BCUT2D eigenvalue weighted by molar-refractivity contribution is 0.413. The van der Waals surface area contributed by atoms with Gasteiger partial charge in [0.25, 0.3) is 0 Å². The van der Waals surface area contributed by atoms with Crippen LogP contribution in [0.3, 0.4) is 0 Å². The summed E-state index contributed by atoms with van der Waals surface area (Å²) in [5, 5.41) is 15.7. The van der Waals surface area contributed by atoms with E-state index in [1.807, 2.05) is 6.92 Å². The van der Waals surface area contributed by atoms with Gasteiger partial charge in [0.2, 0.25) is 0 Å². The molecule has 2 heterocycles. The number of fused-ring (bicyclic) bond motifs is 1. The largest absolute Gasteiger partial charge is 0.357 e. The van der Waals surface area contributed by atoms with Crippen molar-refractivity contribution in [1.29, 1.82) is 0 Å². The second-order valence-electron chi connectivity index (χ2n) is 6.78. The molecule has 140 valence electrons. The maximum Gasteiger partial charge on any atom is 0.191 e. The van der Waals surface area contributed by atoms with Gasteiger partial charge in [-0.05, 0) is 32.6 Å². The van der Waals surface area contributed by atoms with E-state index in [9.17, 15) is 4.21 Å². The molecule has 0 amide bonds. The fraction of sp³-hybridized carbons (Fsp3) is 0.824. The van der Waals surface area contributed by atoms with Crippen molar-refractivity contribution in [1.82, 2.24) is 25.4 Å². The van der Waals surface area contributed by atoms with Crippen molar-refractivity contribution in [2.45, 2.75) is 76.8 Å². The number of nitrogens with one attached hydrogen (secondary N) is 2. The highest BCUT2D eigenvalue weighted by atomic mass is 32.2. The number of hydrogen-bond acceptors (Lipinski definition) is 4. The molecule has 1 aromatic heterocycles. The third-order valence-corrected chi connectivity index (χ3v) is 6.77. The van der Waals surface area contributed by atoms with Crippen molar-refractivity contribution >= 4 is 16.8 Å². The van der Waals surface area contributed by atoms with Gasteiger partial charge in [-0.1, -0.05) is 13.3 Å². The van der Waals surface area contributed by atoms with Crippen LogP contribution in [0.15, 0.2) is 4.99 Å². The Labute approximate surface area is 152 Å². The number of rotatable bonds is 6. The first-order chi connectivity index (χ1) is 12.2. The predicted molar refractivity (Wildman–Crippen MR) is 101 cm³/mol. The van der Waals surface area contributed by atoms with Gasteiger partial charge >= 0.3 is 0 Å². The van der Waals surface area contributed by atoms with Gasteiger partial charge < -0.3 is 15.2 Å². The molecule has 1 fully saturated rings. The van der Waals surface area contributed by atoms with E-state index in [2.05, 4.69) is 32.3 Å². The molecule has 0 spiro atoms. The van der Waals surface area contributed by atoms with E-state index in [1.54, 1.807) is 0 Å². The van der Waals surface area contributed by atoms with Crippen LogP contribution >= 0.6 is 0 Å². The van der Waals surface area contributed by atoms with E-state index in [1.165, 1.54) is 0 Å². The van der Waals surface area contributed by atoms with Crippen molar-refractivity contribution in [2.24, 2.45) is 4.99 Å². The topological polar surface area (TPSA) is 84.2 Å². The first kappa shape index (κ1) is 18.4. The first-order valence-electron chi connectivity index (χ1n) is 9.54. The number of aromatic nitrogens is 3. The Morgan fingerprint density at radius 1 is 1.32 bits per heavy atom. The second kappa shape index (κ2) is 8.78. The highest BCUT2D eigenvalue weighted by molar-refractivity contribution is 7.85. The minimum atomic E-state index is -0.703. The molecule has 1 aromatic rings. The Morgan fingerprint density at radius 2 is 2.20 bits per heavy atom. The summed E-state index contributed by atoms with van der Waals surface area (Å²) in [6, 6.07) is 0.344. The van der Waals surface area contributed by atoms with E-state index in [-0.39, 0.29) is 0 Å². The van der Waals surface area contributed by atoms with Gasteiger partial charge in [0.15, 0.2) is 11.8 Å². The zero-order valence-corrected chi connectivity index (χ0v) is 16.1. The molecule has 2 aliphatic rings. The number of hydrogen-bond donors (Lipinski definition) is 2. The summed E-state index contributed by atoms with van der Waals surface area (Å²) in [5.74, 6) is 3.60. The van der Waals surface area contributed by atoms with Crippen LogP contribution in [0.25, 0.3) is 0 Å². The number of aryl methyl sites for hydroxylation is 1. The zero-order chi connectivity index (χ0) is 17.6. The minimum absolute atomic E-state index is 0.318. The molecule has 2 N–H and O–H groups in total. The van der Waals surface area contributed by atoms with Gasteiger partial charge in [-0.15, -0.1) is 10.2 Å². The lowest BCUT2D eigenvalue weighted by Crippen LogP contribution is -2.46. The van der Waals surface area contributed by atoms with Crippen LogP contribution in [-0.4, -0.2) is 48.5 Å². The lowest BCUT2D eigenvalue weighted by Gasteiger charge is -2.30. The van der Waals surface area contributed by atoms with E-state index >= 15 is 0 Å². The molecule has 25 heavy (non-hydrogen) atoms. The van der Waals surface area contributed by atoms with Crippen molar-refractivity contribution in [3.8, 4) is 0 Å². The van der Waals surface area contributed by atoms with Gasteiger partial charge in [-0.2, -0.15) is 0 Å². The molecule has 8 heteroatoms. The molecule has 0 saturated heterocycles. The van der Waals surface area contributed by atoms with E-state index in [0.717, 1.165) is 75.0 Å². The van der Waals surface area contributed by atoms with Gasteiger partial charge in [0, 0.05) is 47.4 Å². The Bertz CT molecular complexity index is 629. The molecular weight excluding hydrogens is 336 g/mol. The minimum Gasteiger partial charge on any atom is -0.357 e. The highest BCUT2D eigenvalue weighted by Crippen LogP contribution is 2.23. The van der Waals surface area contributed by atoms with E-state index < -0.39 is 10.8 Å². The first-order valence-corrected chi connectivity index (χ1v) is 10.9. The highest BCUT2D eigenvalue weighted by Gasteiger charge is 2.26. The standard InChI is InChI=1S/C17H30N6OS/c1-3-18-17(19-12-16-22-21-15-9-6-10-23(15)16)20-13-7-5-8-14(11-13)25(24)4-2/h13-14H,3-12H2,1-2H3,(H2,18,19,20). The fourth-order valence-electron chi connectivity index (χ4n) is 3.74. The van der Waals surface area contributed by atoms with Crippen molar-refractivity contribution in [3.63, 3.8) is 0 Å². The Kier molecular flexibility index (Phi) is 6.45. The summed E-state index contributed by atoms with van der Waals surface area (Å²) in [4.78, 5) is 4.71. The summed E-state index contributed by atoms with van der Waals surface area (Å²) >= 11 is 0. The molecular formula is C17H30N6OS. The lowest BCUT2D eigenvalue weighted by atomic mass is 9.95. The molecule has 1 saturated carbocycles. The SMILES string of the molecule is CCNC(=NCc1nnc2n1CCC2)NC1CCCC(S(=O)CC)C1. The van der Waals surface area contributed by atoms with Crippen LogP contribution in [0.4, 0.5) is 0 Å². The fourth-order valence-corrected chi connectivity index (χ4v) is 5.09. The quantitative estimate of drug-likeness (QED) is 0.587. The smallest absolute Gasteiger partial charge is 0.191 e. The molecule has 0 bridgehead atoms. The average Bonchev–Trinajstić information content (AvgIpc) is 3.23. The molecule has 7 nitrogen and oxygen atoms in total. The average molecular weight is 367 g/mol. The monoisotopic (exact) mass is 366 g/mol. The summed E-state index contributed by atoms with van der Waals surface area (Å²) in [7, 11) is -0.703. The number of nitrogens with zero attached hydrogens (tertiary/aromatic N) is 4. The Hall–Kier alpha value is -1.44. The van der Waals surface area contributed by atoms with Crippen LogP contribution in [-0.2, 0) is 30.3 Å². The summed E-state index contributed by atoms with van der Waals surface area (Å²) in [6.07, 6.45) is 6.46. The summed E-state index contributed by atoms with van der Waals surface area (Å²) in [5.41, 5.74) is 0. The third kappa shape index (κ3) is 4.59. The van der Waals surface area contributed by atoms with Crippen LogP contribution in [0.5, 0.6) is 0 Å². The van der Waals surface area contributed by atoms with Gasteiger partial charge in [0.1, 0.15) is 12.4 Å². The number of aliphatic imine (C=N–C) groups is 1. The third-order valence-electron chi connectivity index (χ3n) is 5.03.